The third kappa shape index (κ3) is 4.09. The highest BCUT2D eigenvalue weighted by Crippen LogP contribution is 2.28. The number of carbonyl (C=O) groups excluding carboxylic acids is 1. The summed E-state index contributed by atoms with van der Waals surface area (Å²) in [6.07, 6.45) is 1.15. The summed E-state index contributed by atoms with van der Waals surface area (Å²) in [4.78, 5) is 12.6. The van der Waals surface area contributed by atoms with E-state index in [0.29, 0.717) is 12.8 Å². The molecule has 4 rings (SSSR count). The van der Waals surface area contributed by atoms with Crippen molar-refractivity contribution in [2.24, 2.45) is 0 Å². The van der Waals surface area contributed by atoms with Gasteiger partial charge in [0.2, 0.25) is 5.91 Å². The molecular formula is C24H21NO2. The van der Waals surface area contributed by atoms with Crippen LogP contribution in [0.2, 0.25) is 0 Å². The van der Waals surface area contributed by atoms with Crippen molar-refractivity contribution in [3.05, 3.63) is 108 Å². The monoisotopic (exact) mass is 355 g/mol. The first-order valence-corrected chi connectivity index (χ1v) is 9.16. The van der Waals surface area contributed by atoms with E-state index in [0.717, 1.165) is 27.9 Å². The van der Waals surface area contributed by atoms with E-state index in [4.69, 9.17) is 4.42 Å². The average molecular weight is 355 g/mol. The summed E-state index contributed by atoms with van der Waals surface area (Å²) < 4.78 is 6.03. The van der Waals surface area contributed by atoms with Crippen molar-refractivity contribution in [2.45, 2.75) is 18.9 Å². The largest absolute Gasteiger partial charge is 0.459 e. The highest BCUT2D eigenvalue weighted by atomic mass is 16.3. The number of carbonyl (C=O) groups is 1. The molecule has 0 fully saturated rings. The first-order chi connectivity index (χ1) is 13.3. The van der Waals surface area contributed by atoms with Crippen molar-refractivity contribution < 1.29 is 9.21 Å². The zero-order chi connectivity index (χ0) is 18.5. The zero-order valence-corrected chi connectivity index (χ0v) is 15.0. The lowest BCUT2D eigenvalue weighted by Gasteiger charge is -2.17. The second-order valence-electron chi connectivity index (χ2n) is 6.58. The number of rotatable bonds is 6. The number of hydrogen-bond acceptors (Lipinski definition) is 2. The maximum atomic E-state index is 12.6. The van der Waals surface area contributed by atoms with Crippen molar-refractivity contribution in [3.8, 4) is 0 Å². The van der Waals surface area contributed by atoms with Crippen LogP contribution in [0.4, 0.5) is 0 Å². The van der Waals surface area contributed by atoms with Crippen LogP contribution in [-0.4, -0.2) is 5.91 Å². The number of para-hydroxylation sites is 1. The molecule has 0 aliphatic heterocycles. The van der Waals surface area contributed by atoms with Gasteiger partial charge >= 0.3 is 0 Å². The van der Waals surface area contributed by atoms with Crippen LogP contribution in [-0.2, 0) is 11.2 Å². The van der Waals surface area contributed by atoms with Crippen LogP contribution in [0, 0.1) is 0 Å². The smallest absolute Gasteiger partial charge is 0.221 e. The molecule has 0 saturated heterocycles. The molecule has 3 nitrogen and oxygen atoms in total. The molecule has 1 atom stereocenters. The Kier molecular flexibility index (Phi) is 5.01. The van der Waals surface area contributed by atoms with E-state index in [1.807, 2.05) is 91.0 Å². The van der Waals surface area contributed by atoms with Gasteiger partial charge in [0.25, 0.3) is 0 Å². The maximum absolute atomic E-state index is 12.6. The molecule has 0 radical (unpaired) electrons. The van der Waals surface area contributed by atoms with Gasteiger partial charge in [-0.1, -0.05) is 78.9 Å². The van der Waals surface area contributed by atoms with Gasteiger partial charge in [-0.2, -0.15) is 0 Å². The van der Waals surface area contributed by atoms with Gasteiger partial charge in [-0.25, -0.2) is 0 Å². The van der Waals surface area contributed by atoms with E-state index < -0.39 is 0 Å². The van der Waals surface area contributed by atoms with Crippen molar-refractivity contribution in [1.82, 2.24) is 5.32 Å². The van der Waals surface area contributed by atoms with Gasteiger partial charge < -0.3 is 9.73 Å². The molecule has 3 heteroatoms. The minimum absolute atomic E-state index is 0.00756. The Morgan fingerprint density at radius 3 is 2.26 bits per heavy atom. The number of aryl methyl sites for hydroxylation is 1. The van der Waals surface area contributed by atoms with Gasteiger partial charge in [0.05, 0.1) is 0 Å². The molecule has 1 N–H and O–H groups in total. The molecule has 0 saturated carbocycles. The number of nitrogens with one attached hydrogen (secondary N) is 1. The Bertz CT molecular complexity index is 989. The van der Waals surface area contributed by atoms with E-state index in [9.17, 15) is 4.79 Å². The fourth-order valence-corrected chi connectivity index (χ4v) is 3.24. The van der Waals surface area contributed by atoms with Gasteiger partial charge in [0, 0.05) is 11.8 Å². The lowest BCUT2D eigenvalue weighted by molar-refractivity contribution is -0.121. The van der Waals surface area contributed by atoms with Crippen LogP contribution in [0.15, 0.2) is 95.4 Å². The summed E-state index contributed by atoms with van der Waals surface area (Å²) in [6, 6.07) is 29.6. The number of benzene rings is 3. The first-order valence-electron chi connectivity index (χ1n) is 9.16. The summed E-state index contributed by atoms with van der Waals surface area (Å²) in [6.45, 7) is 0. The summed E-state index contributed by atoms with van der Waals surface area (Å²) in [5.41, 5.74) is 2.99. The van der Waals surface area contributed by atoms with E-state index in [-0.39, 0.29) is 11.9 Å². The van der Waals surface area contributed by atoms with Crippen molar-refractivity contribution >= 4 is 16.9 Å². The third-order valence-corrected chi connectivity index (χ3v) is 4.65. The predicted molar refractivity (Wildman–Crippen MR) is 107 cm³/mol. The summed E-state index contributed by atoms with van der Waals surface area (Å²) in [7, 11) is 0. The van der Waals surface area contributed by atoms with Crippen LogP contribution in [0.25, 0.3) is 11.0 Å². The predicted octanol–water partition coefficient (Wildman–Crippen LogP) is 5.27. The average Bonchev–Trinajstić information content (AvgIpc) is 3.16. The molecule has 27 heavy (non-hydrogen) atoms. The topological polar surface area (TPSA) is 42.2 Å². The molecular weight excluding hydrogens is 334 g/mol. The minimum Gasteiger partial charge on any atom is -0.459 e. The zero-order valence-electron chi connectivity index (χ0n) is 15.0. The van der Waals surface area contributed by atoms with Crippen molar-refractivity contribution in [1.29, 1.82) is 0 Å². The Labute approximate surface area is 158 Å². The van der Waals surface area contributed by atoms with Crippen molar-refractivity contribution in [2.75, 3.05) is 0 Å². The molecule has 3 aromatic carbocycles. The fourth-order valence-electron chi connectivity index (χ4n) is 3.24. The molecule has 1 heterocycles. The first kappa shape index (κ1) is 17.1. The molecule has 1 unspecified atom stereocenters. The molecule has 0 spiro atoms. The normalized spacial score (nSPS) is 12.0. The Morgan fingerprint density at radius 1 is 0.852 bits per heavy atom. The molecule has 1 aromatic heterocycles. The fraction of sp³-hybridized carbons (Fsp3) is 0.125. The van der Waals surface area contributed by atoms with Crippen LogP contribution >= 0.6 is 0 Å². The van der Waals surface area contributed by atoms with Gasteiger partial charge in [-0.15, -0.1) is 0 Å². The second-order valence-corrected chi connectivity index (χ2v) is 6.58. The van der Waals surface area contributed by atoms with Gasteiger partial charge in [-0.3, -0.25) is 4.79 Å². The quantitative estimate of drug-likeness (QED) is 0.512. The lowest BCUT2D eigenvalue weighted by Crippen LogP contribution is -2.29. The van der Waals surface area contributed by atoms with Crippen molar-refractivity contribution in [3.63, 3.8) is 0 Å². The lowest BCUT2D eigenvalue weighted by atomic mass is 10.0. The van der Waals surface area contributed by atoms with Crippen LogP contribution in [0.1, 0.15) is 29.3 Å². The third-order valence-electron chi connectivity index (χ3n) is 4.65. The highest BCUT2D eigenvalue weighted by molar-refractivity contribution is 5.79. The summed E-state index contributed by atoms with van der Waals surface area (Å²) in [5, 5.41) is 4.18. The van der Waals surface area contributed by atoms with E-state index in [1.165, 1.54) is 0 Å². The standard InChI is InChI=1S/C24H21NO2/c26-23(16-15-18-9-3-1-4-10-18)25-24(19-11-5-2-6-12-19)22-17-20-13-7-8-14-21(20)27-22/h1-14,17,24H,15-16H2,(H,25,26). The Balaban J connectivity index is 1.56. The van der Waals surface area contributed by atoms with Crippen LogP contribution in [0.3, 0.4) is 0 Å². The second kappa shape index (κ2) is 7.92. The van der Waals surface area contributed by atoms with Crippen LogP contribution < -0.4 is 5.32 Å². The molecule has 134 valence electrons. The van der Waals surface area contributed by atoms with E-state index in [1.54, 1.807) is 0 Å². The Morgan fingerprint density at radius 2 is 1.52 bits per heavy atom. The molecule has 0 aliphatic rings. The highest BCUT2D eigenvalue weighted by Gasteiger charge is 2.20. The Hall–Kier alpha value is -3.33. The number of fused-ring (bicyclic) bond motifs is 1. The molecule has 4 aromatic rings. The number of furan rings is 1. The molecule has 0 aliphatic carbocycles. The van der Waals surface area contributed by atoms with Gasteiger partial charge in [0.15, 0.2) is 0 Å². The summed E-state index contributed by atoms with van der Waals surface area (Å²) in [5.74, 6) is 0.753. The van der Waals surface area contributed by atoms with E-state index >= 15 is 0 Å². The van der Waals surface area contributed by atoms with Gasteiger partial charge in [-0.05, 0) is 29.7 Å². The molecule has 0 bridgehead atoms. The maximum Gasteiger partial charge on any atom is 0.221 e. The van der Waals surface area contributed by atoms with Gasteiger partial charge in [0.1, 0.15) is 17.4 Å². The minimum atomic E-state index is -0.304. The van der Waals surface area contributed by atoms with Crippen LogP contribution in [0.5, 0.6) is 0 Å². The SMILES string of the molecule is O=C(CCc1ccccc1)NC(c1ccccc1)c1cc2ccccc2o1. The summed E-state index contributed by atoms with van der Waals surface area (Å²) >= 11 is 0. The number of amides is 1. The number of hydrogen-bond donors (Lipinski definition) is 1. The molecule has 1 amide bonds. The van der Waals surface area contributed by atoms with E-state index in [2.05, 4.69) is 5.32 Å².